The number of hydrogen-bond acceptors (Lipinski definition) is 1. The predicted molar refractivity (Wildman–Crippen MR) is 61.9 cm³/mol. The van der Waals surface area contributed by atoms with Crippen molar-refractivity contribution >= 4 is 17.3 Å². The number of anilines is 1. The second kappa shape index (κ2) is 4.84. The molecule has 0 unspecified atom stereocenters. The third kappa shape index (κ3) is 3.10. The Balaban J connectivity index is 2.02. The summed E-state index contributed by atoms with van der Waals surface area (Å²) in [5.74, 6) is -0.277. The van der Waals surface area contributed by atoms with Crippen LogP contribution in [0.25, 0.3) is 0 Å². The summed E-state index contributed by atoms with van der Waals surface area (Å²) in [6.07, 6.45) is 6.20. The minimum Gasteiger partial charge on any atom is -0.382 e. The zero-order valence-corrected chi connectivity index (χ0v) is 9.36. The molecule has 2 rings (SSSR count). The van der Waals surface area contributed by atoms with Crippen LogP contribution in [0, 0.1) is 5.82 Å². The second-order valence-electron chi connectivity index (χ2n) is 4.14. The number of rotatable bonds is 2. The average Bonchev–Trinajstić information content (AvgIpc) is 2.17. The van der Waals surface area contributed by atoms with Crippen LogP contribution in [0.5, 0.6) is 0 Å². The van der Waals surface area contributed by atoms with E-state index in [1.54, 1.807) is 6.07 Å². The van der Waals surface area contributed by atoms with Crippen LogP contribution in [0.1, 0.15) is 32.1 Å². The van der Waals surface area contributed by atoms with Crippen molar-refractivity contribution in [2.24, 2.45) is 0 Å². The Hall–Kier alpha value is -0.760. The molecule has 1 aromatic carbocycles. The van der Waals surface area contributed by atoms with Gasteiger partial charge in [0, 0.05) is 16.8 Å². The van der Waals surface area contributed by atoms with Crippen LogP contribution in [-0.2, 0) is 0 Å². The van der Waals surface area contributed by atoms with E-state index < -0.39 is 0 Å². The fraction of sp³-hybridized carbons (Fsp3) is 0.500. The van der Waals surface area contributed by atoms with Crippen LogP contribution in [0.3, 0.4) is 0 Å². The summed E-state index contributed by atoms with van der Waals surface area (Å²) >= 11 is 5.79. The molecule has 0 saturated heterocycles. The number of benzene rings is 1. The van der Waals surface area contributed by atoms with Gasteiger partial charge in [0.05, 0.1) is 0 Å². The lowest BCUT2D eigenvalue weighted by atomic mass is 9.95. The van der Waals surface area contributed by atoms with Gasteiger partial charge in [0.15, 0.2) is 0 Å². The van der Waals surface area contributed by atoms with Gasteiger partial charge < -0.3 is 5.32 Å². The van der Waals surface area contributed by atoms with Crippen LogP contribution in [-0.4, -0.2) is 6.04 Å². The van der Waals surface area contributed by atoms with Crippen molar-refractivity contribution in [2.75, 3.05) is 5.32 Å². The number of halogens is 2. The van der Waals surface area contributed by atoms with Gasteiger partial charge in [0.25, 0.3) is 0 Å². The van der Waals surface area contributed by atoms with E-state index >= 15 is 0 Å². The van der Waals surface area contributed by atoms with E-state index in [2.05, 4.69) is 5.32 Å². The SMILES string of the molecule is Fc1cc(Cl)cc(NC2CCCCC2)c1. The molecule has 0 radical (unpaired) electrons. The Morgan fingerprint density at radius 2 is 1.87 bits per heavy atom. The fourth-order valence-electron chi connectivity index (χ4n) is 2.12. The van der Waals surface area contributed by atoms with Crippen molar-refractivity contribution in [2.45, 2.75) is 38.1 Å². The smallest absolute Gasteiger partial charge is 0.126 e. The van der Waals surface area contributed by atoms with Crippen LogP contribution in [0.2, 0.25) is 5.02 Å². The predicted octanol–water partition coefficient (Wildman–Crippen LogP) is 4.22. The highest BCUT2D eigenvalue weighted by Crippen LogP contribution is 2.24. The summed E-state index contributed by atoms with van der Waals surface area (Å²) in [4.78, 5) is 0. The summed E-state index contributed by atoms with van der Waals surface area (Å²) in [6, 6.07) is 5.09. The molecule has 1 aromatic rings. The van der Waals surface area contributed by atoms with Crippen LogP contribution >= 0.6 is 11.6 Å². The molecule has 1 aliphatic carbocycles. The number of nitrogens with one attached hydrogen (secondary N) is 1. The standard InChI is InChI=1S/C12H15ClFN/c13-9-6-10(14)8-12(7-9)15-11-4-2-1-3-5-11/h6-8,11,15H,1-5H2. The molecule has 15 heavy (non-hydrogen) atoms. The van der Waals surface area contributed by atoms with E-state index in [9.17, 15) is 4.39 Å². The van der Waals surface area contributed by atoms with Crippen molar-refractivity contribution in [3.63, 3.8) is 0 Å². The van der Waals surface area contributed by atoms with E-state index in [1.807, 2.05) is 0 Å². The molecule has 1 N–H and O–H groups in total. The first-order valence-corrected chi connectivity index (χ1v) is 5.84. The number of hydrogen-bond donors (Lipinski definition) is 1. The summed E-state index contributed by atoms with van der Waals surface area (Å²) < 4.78 is 13.1. The monoisotopic (exact) mass is 227 g/mol. The Labute approximate surface area is 94.6 Å². The van der Waals surface area contributed by atoms with Gasteiger partial charge in [-0.3, -0.25) is 0 Å². The largest absolute Gasteiger partial charge is 0.382 e. The van der Waals surface area contributed by atoms with Crippen molar-refractivity contribution in [1.82, 2.24) is 0 Å². The van der Waals surface area contributed by atoms with Crippen LogP contribution < -0.4 is 5.32 Å². The van der Waals surface area contributed by atoms with Gasteiger partial charge in [0.1, 0.15) is 5.82 Å². The van der Waals surface area contributed by atoms with Crippen LogP contribution in [0.4, 0.5) is 10.1 Å². The molecule has 0 heterocycles. The Kier molecular flexibility index (Phi) is 3.47. The Bertz CT molecular complexity index is 314. The first-order chi connectivity index (χ1) is 7.24. The van der Waals surface area contributed by atoms with Gasteiger partial charge in [-0.25, -0.2) is 4.39 Å². The third-order valence-corrected chi connectivity index (χ3v) is 3.06. The summed E-state index contributed by atoms with van der Waals surface area (Å²) in [5, 5.41) is 3.79. The van der Waals surface area contributed by atoms with Gasteiger partial charge in [-0.15, -0.1) is 0 Å². The third-order valence-electron chi connectivity index (χ3n) is 2.84. The molecule has 1 nitrogen and oxygen atoms in total. The van der Waals surface area contributed by atoms with Crippen molar-refractivity contribution in [3.05, 3.63) is 29.0 Å². The van der Waals surface area contributed by atoms with E-state index in [0.717, 1.165) is 5.69 Å². The van der Waals surface area contributed by atoms with Gasteiger partial charge >= 0.3 is 0 Å². The van der Waals surface area contributed by atoms with Crippen molar-refractivity contribution in [1.29, 1.82) is 0 Å². The van der Waals surface area contributed by atoms with E-state index in [0.29, 0.717) is 11.1 Å². The lowest BCUT2D eigenvalue weighted by Crippen LogP contribution is -2.22. The molecule has 0 spiro atoms. The highest BCUT2D eigenvalue weighted by atomic mass is 35.5. The van der Waals surface area contributed by atoms with Gasteiger partial charge in [-0.05, 0) is 31.0 Å². The summed E-state index contributed by atoms with van der Waals surface area (Å²) in [6.45, 7) is 0. The molecular weight excluding hydrogens is 213 g/mol. The molecule has 0 atom stereocenters. The molecule has 0 aliphatic heterocycles. The fourth-order valence-corrected chi connectivity index (χ4v) is 2.34. The summed E-state index contributed by atoms with van der Waals surface area (Å²) in [5.41, 5.74) is 0.798. The first-order valence-electron chi connectivity index (χ1n) is 5.47. The lowest BCUT2D eigenvalue weighted by Gasteiger charge is -2.23. The van der Waals surface area contributed by atoms with Crippen LogP contribution in [0.15, 0.2) is 18.2 Å². The molecule has 1 saturated carbocycles. The molecule has 1 fully saturated rings. The van der Waals surface area contributed by atoms with E-state index in [4.69, 9.17) is 11.6 Å². The van der Waals surface area contributed by atoms with Crippen molar-refractivity contribution < 1.29 is 4.39 Å². The molecule has 3 heteroatoms. The highest BCUT2D eigenvalue weighted by Gasteiger charge is 2.13. The molecule has 0 amide bonds. The average molecular weight is 228 g/mol. The maximum absolute atomic E-state index is 13.1. The minimum atomic E-state index is -0.277. The van der Waals surface area contributed by atoms with E-state index in [-0.39, 0.29) is 5.82 Å². The summed E-state index contributed by atoms with van der Waals surface area (Å²) in [7, 11) is 0. The van der Waals surface area contributed by atoms with Gasteiger partial charge in [-0.2, -0.15) is 0 Å². The second-order valence-corrected chi connectivity index (χ2v) is 4.57. The molecule has 0 aromatic heterocycles. The molecule has 82 valence electrons. The van der Waals surface area contributed by atoms with Gasteiger partial charge in [-0.1, -0.05) is 30.9 Å². The maximum Gasteiger partial charge on any atom is 0.126 e. The maximum atomic E-state index is 13.1. The first kappa shape index (κ1) is 10.7. The molecule has 1 aliphatic rings. The zero-order valence-electron chi connectivity index (χ0n) is 8.60. The van der Waals surface area contributed by atoms with Gasteiger partial charge in [0.2, 0.25) is 0 Å². The van der Waals surface area contributed by atoms with E-state index in [1.165, 1.54) is 44.2 Å². The molecular formula is C12H15ClFN. The Morgan fingerprint density at radius 1 is 1.13 bits per heavy atom. The highest BCUT2D eigenvalue weighted by molar-refractivity contribution is 6.30. The Morgan fingerprint density at radius 3 is 2.53 bits per heavy atom. The quantitative estimate of drug-likeness (QED) is 0.798. The van der Waals surface area contributed by atoms with Crippen molar-refractivity contribution in [3.8, 4) is 0 Å². The topological polar surface area (TPSA) is 12.0 Å². The zero-order chi connectivity index (χ0) is 10.7. The lowest BCUT2D eigenvalue weighted by molar-refractivity contribution is 0.462. The normalized spacial score (nSPS) is 17.7. The molecule has 0 bridgehead atoms. The minimum absolute atomic E-state index is 0.277.